The lowest BCUT2D eigenvalue weighted by Crippen LogP contribution is -2.29. The summed E-state index contributed by atoms with van der Waals surface area (Å²) in [7, 11) is 0. The van der Waals surface area contributed by atoms with Gasteiger partial charge in [0.05, 0.1) is 6.04 Å². The molecule has 2 nitrogen and oxygen atoms in total. The van der Waals surface area contributed by atoms with Crippen molar-refractivity contribution in [2.45, 2.75) is 32.2 Å². The van der Waals surface area contributed by atoms with Gasteiger partial charge in [-0.15, -0.1) is 0 Å². The summed E-state index contributed by atoms with van der Waals surface area (Å²) >= 11 is 0. The van der Waals surface area contributed by atoms with Crippen LogP contribution in [0.5, 0.6) is 0 Å². The molecule has 0 spiro atoms. The van der Waals surface area contributed by atoms with E-state index in [1.165, 1.54) is 22.5 Å². The summed E-state index contributed by atoms with van der Waals surface area (Å²) in [5.41, 5.74) is 5.47. The highest BCUT2D eigenvalue weighted by Gasteiger charge is 2.37. The molecule has 2 heteroatoms. The van der Waals surface area contributed by atoms with Crippen LogP contribution in [0.25, 0.3) is 0 Å². The van der Waals surface area contributed by atoms with E-state index < -0.39 is 0 Å². The number of fused-ring (bicyclic) bond motifs is 3. The van der Waals surface area contributed by atoms with Crippen molar-refractivity contribution in [2.75, 3.05) is 23.3 Å². The van der Waals surface area contributed by atoms with E-state index in [1.54, 1.807) is 0 Å². The Morgan fingerprint density at radius 1 is 1.00 bits per heavy atom. The molecule has 0 radical (unpaired) electrons. The van der Waals surface area contributed by atoms with E-state index in [9.17, 15) is 0 Å². The second-order valence-corrected chi connectivity index (χ2v) is 6.83. The molecule has 3 atom stereocenters. The Balaban J connectivity index is 1.65. The van der Waals surface area contributed by atoms with Crippen LogP contribution >= 0.6 is 0 Å². The Hall–Kier alpha value is -2.22. The van der Waals surface area contributed by atoms with Gasteiger partial charge in [0.1, 0.15) is 0 Å². The molecule has 0 bridgehead atoms. The van der Waals surface area contributed by atoms with Crippen LogP contribution in [0.1, 0.15) is 43.4 Å². The van der Waals surface area contributed by atoms with Crippen molar-refractivity contribution < 1.29 is 0 Å². The van der Waals surface area contributed by atoms with Crippen LogP contribution in [0.3, 0.4) is 0 Å². The Morgan fingerprint density at radius 3 is 2.50 bits per heavy atom. The van der Waals surface area contributed by atoms with Crippen molar-refractivity contribution in [3.8, 4) is 0 Å². The highest BCUT2D eigenvalue weighted by atomic mass is 15.1. The van der Waals surface area contributed by atoms with Crippen molar-refractivity contribution in [1.82, 2.24) is 0 Å². The number of nitrogens with one attached hydrogen (secondary N) is 1. The topological polar surface area (TPSA) is 15.3 Å². The maximum Gasteiger partial charge on any atom is 0.0553 e. The number of rotatable bonds is 4. The van der Waals surface area contributed by atoms with Crippen molar-refractivity contribution in [3.05, 3.63) is 71.8 Å². The second-order valence-electron chi connectivity index (χ2n) is 6.83. The van der Waals surface area contributed by atoms with E-state index in [4.69, 9.17) is 0 Å². The number of nitrogens with zero attached hydrogens (tertiary/aromatic N) is 1. The fourth-order valence-electron chi connectivity index (χ4n) is 4.35. The van der Waals surface area contributed by atoms with Gasteiger partial charge in [-0.1, -0.05) is 42.5 Å². The number of anilines is 2. The van der Waals surface area contributed by atoms with Crippen LogP contribution in [-0.2, 0) is 0 Å². The zero-order valence-electron chi connectivity index (χ0n) is 14.6. The quantitative estimate of drug-likeness (QED) is 0.763. The molecule has 2 aromatic carbocycles. The largest absolute Gasteiger partial charge is 0.378 e. The van der Waals surface area contributed by atoms with Crippen molar-refractivity contribution in [2.24, 2.45) is 5.92 Å². The fourth-order valence-corrected chi connectivity index (χ4v) is 4.35. The van der Waals surface area contributed by atoms with E-state index in [1.807, 2.05) is 0 Å². The first kappa shape index (κ1) is 15.3. The fraction of sp³-hybridized carbons (Fsp3) is 0.364. The number of allylic oxidation sites excluding steroid dienone is 2. The number of hydrogen-bond acceptors (Lipinski definition) is 2. The average Bonchev–Trinajstić information content (AvgIpc) is 3.13. The normalized spacial score (nSPS) is 24.2. The Kier molecular flexibility index (Phi) is 4.05. The number of para-hydroxylation sites is 1. The summed E-state index contributed by atoms with van der Waals surface area (Å²) in [6.07, 6.45) is 5.92. The van der Waals surface area contributed by atoms with Gasteiger partial charge in [0.2, 0.25) is 0 Å². The molecule has 1 N–H and O–H groups in total. The highest BCUT2D eigenvalue weighted by Crippen LogP contribution is 2.49. The molecule has 0 amide bonds. The third-order valence-corrected chi connectivity index (χ3v) is 5.65. The minimum atomic E-state index is 0.394. The summed E-state index contributed by atoms with van der Waals surface area (Å²) in [6.45, 7) is 6.54. The SMILES string of the molecule is CCN(CC)c1ccc(C2Nc3ccccc3C3C=CCC32)cc1. The highest BCUT2D eigenvalue weighted by molar-refractivity contribution is 5.60. The van der Waals surface area contributed by atoms with E-state index in [-0.39, 0.29) is 0 Å². The van der Waals surface area contributed by atoms with Gasteiger partial charge in [-0.3, -0.25) is 0 Å². The molecule has 1 heterocycles. The van der Waals surface area contributed by atoms with Gasteiger partial charge in [-0.25, -0.2) is 0 Å². The van der Waals surface area contributed by atoms with Crippen molar-refractivity contribution in [3.63, 3.8) is 0 Å². The summed E-state index contributed by atoms with van der Waals surface area (Å²) in [5, 5.41) is 3.81. The molecular weight excluding hydrogens is 292 g/mol. The molecule has 0 aromatic heterocycles. The van der Waals surface area contributed by atoms with Gasteiger partial charge in [-0.05, 0) is 55.5 Å². The predicted molar refractivity (Wildman–Crippen MR) is 103 cm³/mol. The van der Waals surface area contributed by atoms with Gasteiger partial charge in [0.25, 0.3) is 0 Å². The van der Waals surface area contributed by atoms with E-state index in [0.717, 1.165) is 19.5 Å². The number of benzene rings is 2. The molecule has 124 valence electrons. The summed E-state index contributed by atoms with van der Waals surface area (Å²) < 4.78 is 0. The van der Waals surface area contributed by atoms with Crippen LogP contribution in [0.15, 0.2) is 60.7 Å². The molecule has 1 aliphatic carbocycles. The Morgan fingerprint density at radius 2 is 1.75 bits per heavy atom. The third-order valence-electron chi connectivity index (χ3n) is 5.65. The van der Waals surface area contributed by atoms with Crippen LogP contribution in [0.2, 0.25) is 0 Å². The lowest BCUT2D eigenvalue weighted by Gasteiger charge is -2.37. The molecular formula is C22H26N2. The smallest absolute Gasteiger partial charge is 0.0553 e. The van der Waals surface area contributed by atoms with Gasteiger partial charge < -0.3 is 10.2 Å². The molecule has 1 aliphatic heterocycles. The summed E-state index contributed by atoms with van der Waals surface area (Å²) in [4.78, 5) is 2.40. The third kappa shape index (κ3) is 2.50. The maximum atomic E-state index is 3.81. The number of hydrogen-bond donors (Lipinski definition) is 1. The molecule has 0 fully saturated rings. The first-order valence-corrected chi connectivity index (χ1v) is 9.18. The van der Waals surface area contributed by atoms with Crippen LogP contribution in [0.4, 0.5) is 11.4 Å². The monoisotopic (exact) mass is 318 g/mol. The summed E-state index contributed by atoms with van der Waals surface area (Å²) in [5.74, 6) is 1.18. The Bertz CT molecular complexity index is 728. The maximum absolute atomic E-state index is 3.81. The zero-order valence-corrected chi connectivity index (χ0v) is 14.6. The van der Waals surface area contributed by atoms with Crippen molar-refractivity contribution >= 4 is 11.4 Å². The van der Waals surface area contributed by atoms with Gasteiger partial charge in [0, 0.05) is 30.4 Å². The molecule has 0 saturated carbocycles. The standard InChI is InChI=1S/C22H26N2/c1-3-24(4-2)17-14-12-16(13-15-17)22-20-10-7-9-18(20)19-8-5-6-11-21(19)23-22/h5-9,11-15,18,20,22-23H,3-4,10H2,1-2H3. The zero-order chi connectivity index (χ0) is 16.5. The minimum Gasteiger partial charge on any atom is -0.378 e. The molecule has 2 aromatic rings. The molecule has 3 unspecified atom stereocenters. The van der Waals surface area contributed by atoms with Gasteiger partial charge in [0.15, 0.2) is 0 Å². The van der Waals surface area contributed by atoms with Gasteiger partial charge >= 0.3 is 0 Å². The van der Waals surface area contributed by atoms with E-state index in [0.29, 0.717) is 17.9 Å². The van der Waals surface area contributed by atoms with Crippen LogP contribution in [-0.4, -0.2) is 13.1 Å². The van der Waals surface area contributed by atoms with E-state index >= 15 is 0 Å². The molecule has 4 rings (SSSR count). The molecule has 0 saturated heterocycles. The van der Waals surface area contributed by atoms with Crippen LogP contribution in [0, 0.1) is 5.92 Å². The molecule has 2 aliphatic rings. The van der Waals surface area contributed by atoms with Crippen LogP contribution < -0.4 is 10.2 Å². The van der Waals surface area contributed by atoms with Crippen molar-refractivity contribution in [1.29, 1.82) is 0 Å². The molecule has 24 heavy (non-hydrogen) atoms. The van der Waals surface area contributed by atoms with Gasteiger partial charge in [-0.2, -0.15) is 0 Å². The predicted octanol–water partition coefficient (Wildman–Crippen LogP) is 5.36. The first-order valence-electron chi connectivity index (χ1n) is 9.18. The lowest BCUT2D eigenvalue weighted by atomic mass is 9.77. The lowest BCUT2D eigenvalue weighted by molar-refractivity contribution is 0.425. The second kappa shape index (κ2) is 6.35. The first-order chi connectivity index (χ1) is 11.8. The summed E-state index contributed by atoms with van der Waals surface area (Å²) in [6, 6.07) is 18.4. The average molecular weight is 318 g/mol. The van der Waals surface area contributed by atoms with E-state index in [2.05, 4.69) is 84.7 Å². The minimum absolute atomic E-state index is 0.394. The Labute approximate surface area is 145 Å².